The van der Waals surface area contributed by atoms with Gasteiger partial charge in [0.2, 0.25) is 15.9 Å². The summed E-state index contributed by atoms with van der Waals surface area (Å²) in [6.45, 7) is 2.16. The summed E-state index contributed by atoms with van der Waals surface area (Å²) in [5.74, 6) is -0.320. The number of ether oxygens (including phenoxy) is 1. The number of hydrogen-bond acceptors (Lipinski definition) is 7. The monoisotopic (exact) mass is 529 g/mol. The lowest BCUT2D eigenvalue weighted by Gasteiger charge is -2.37. The van der Waals surface area contributed by atoms with E-state index >= 15 is 0 Å². The minimum Gasteiger partial charge on any atom is -0.383 e. The summed E-state index contributed by atoms with van der Waals surface area (Å²) in [6.07, 6.45) is 0.703. The van der Waals surface area contributed by atoms with Gasteiger partial charge in [-0.3, -0.25) is 14.9 Å². The number of methoxy groups -OCH3 is 1. The summed E-state index contributed by atoms with van der Waals surface area (Å²) in [4.78, 5) is 26.9. The highest BCUT2D eigenvalue weighted by Gasteiger charge is 2.35. The van der Waals surface area contributed by atoms with Crippen molar-refractivity contribution in [1.82, 2.24) is 9.21 Å². The van der Waals surface area contributed by atoms with Gasteiger partial charge in [-0.2, -0.15) is 4.31 Å². The van der Waals surface area contributed by atoms with Crippen molar-refractivity contribution < 1.29 is 22.9 Å². The highest BCUT2D eigenvalue weighted by Crippen LogP contribution is 2.38. The smallest absolute Gasteiger partial charge is 0.269 e. The van der Waals surface area contributed by atoms with Gasteiger partial charge in [0.05, 0.1) is 29.0 Å². The molecule has 0 radical (unpaired) electrons. The van der Waals surface area contributed by atoms with E-state index < -0.39 is 14.9 Å². The van der Waals surface area contributed by atoms with Crippen LogP contribution in [0.5, 0.6) is 0 Å². The summed E-state index contributed by atoms with van der Waals surface area (Å²) >= 11 is 1.66. The third-order valence-electron chi connectivity index (χ3n) is 6.22. The minimum atomic E-state index is -4.10. The first-order valence-electron chi connectivity index (χ1n) is 11.4. The molecule has 0 saturated carbocycles. The lowest BCUT2D eigenvalue weighted by atomic mass is 9.92. The zero-order valence-corrected chi connectivity index (χ0v) is 21.6. The molecule has 0 saturated heterocycles. The number of carbonyl (C=O) groups excluding carboxylic acids is 1. The van der Waals surface area contributed by atoms with E-state index in [1.165, 1.54) is 24.1 Å². The number of amides is 1. The van der Waals surface area contributed by atoms with Crippen LogP contribution in [0.25, 0.3) is 0 Å². The lowest BCUT2D eigenvalue weighted by Crippen LogP contribution is -2.47. The molecule has 1 atom stereocenters. The molecule has 0 bridgehead atoms. The van der Waals surface area contributed by atoms with E-state index in [-0.39, 0.29) is 42.2 Å². The second-order valence-corrected chi connectivity index (χ2v) is 11.5. The molecule has 190 valence electrons. The number of nitro benzene ring substituents is 1. The number of carbonyl (C=O) groups is 1. The molecular formula is C25H27N3O6S2. The summed E-state index contributed by atoms with van der Waals surface area (Å²) in [5.41, 5.74) is 2.92. The van der Waals surface area contributed by atoms with Gasteiger partial charge in [0.15, 0.2) is 0 Å². The third-order valence-corrected chi connectivity index (χ3v) is 9.08. The molecule has 4 rings (SSSR count). The summed E-state index contributed by atoms with van der Waals surface area (Å²) in [6, 6.07) is 14.4. The largest absolute Gasteiger partial charge is 0.383 e. The second kappa shape index (κ2) is 10.9. The molecule has 2 heterocycles. The quantitative estimate of drug-likeness (QED) is 0.308. The van der Waals surface area contributed by atoms with Crippen LogP contribution in [-0.2, 0) is 26.0 Å². The van der Waals surface area contributed by atoms with Gasteiger partial charge >= 0.3 is 0 Å². The van der Waals surface area contributed by atoms with Crippen molar-refractivity contribution in [3.05, 3.63) is 91.7 Å². The predicted molar refractivity (Wildman–Crippen MR) is 136 cm³/mol. The van der Waals surface area contributed by atoms with E-state index in [2.05, 4.69) is 0 Å². The minimum absolute atomic E-state index is 0.0334. The molecule has 1 aliphatic rings. The van der Waals surface area contributed by atoms with E-state index in [1.807, 2.05) is 42.6 Å². The first-order valence-corrected chi connectivity index (χ1v) is 13.7. The van der Waals surface area contributed by atoms with Crippen LogP contribution in [0.2, 0.25) is 0 Å². The Bertz CT molecular complexity index is 1340. The van der Waals surface area contributed by atoms with Crippen molar-refractivity contribution >= 4 is 33.0 Å². The number of hydrogen-bond donors (Lipinski definition) is 0. The molecule has 11 heteroatoms. The van der Waals surface area contributed by atoms with Crippen LogP contribution in [0, 0.1) is 17.0 Å². The van der Waals surface area contributed by atoms with Gasteiger partial charge in [0, 0.05) is 37.2 Å². The third kappa shape index (κ3) is 5.34. The van der Waals surface area contributed by atoms with E-state index in [0.717, 1.165) is 33.1 Å². The Balaban J connectivity index is 1.64. The zero-order valence-electron chi connectivity index (χ0n) is 20.0. The fourth-order valence-corrected chi connectivity index (χ4v) is 6.58. The Morgan fingerprint density at radius 3 is 2.50 bits per heavy atom. The fraction of sp³-hybridized carbons (Fsp3) is 0.320. The molecule has 9 nitrogen and oxygen atoms in total. The van der Waals surface area contributed by atoms with Gasteiger partial charge in [-0.05, 0) is 48.1 Å². The molecule has 0 fully saturated rings. The Hall–Kier alpha value is -3.12. The van der Waals surface area contributed by atoms with Gasteiger partial charge in [-0.25, -0.2) is 8.42 Å². The summed E-state index contributed by atoms with van der Waals surface area (Å²) in [7, 11) is -2.65. The fourth-order valence-electron chi connectivity index (χ4n) is 4.30. The molecule has 0 N–H and O–H groups in total. The maximum atomic E-state index is 13.7. The number of nitro groups is 1. The molecule has 1 unspecified atom stereocenters. The number of sulfonamides is 1. The molecule has 1 aliphatic heterocycles. The van der Waals surface area contributed by atoms with E-state index in [9.17, 15) is 23.3 Å². The van der Waals surface area contributed by atoms with Crippen molar-refractivity contribution in [2.45, 2.75) is 24.3 Å². The average molecular weight is 530 g/mol. The van der Waals surface area contributed by atoms with Crippen LogP contribution in [0.3, 0.4) is 0 Å². The van der Waals surface area contributed by atoms with Crippen LogP contribution in [-0.4, -0.2) is 61.8 Å². The van der Waals surface area contributed by atoms with Crippen LogP contribution in [0.1, 0.15) is 27.6 Å². The highest BCUT2D eigenvalue weighted by atomic mass is 32.2. The molecule has 1 aromatic heterocycles. The average Bonchev–Trinajstić information content (AvgIpc) is 3.35. The predicted octanol–water partition coefficient (Wildman–Crippen LogP) is 3.78. The van der Waals surface area contributed by atoms with Gasteiger partial charge in [0.25, 0.3) is 5.69 Å². The number of nitrogens with zero attached hydrogens (tertiary/aromatic N) is 3. The first kappa shape index (κ1) is 26.0. The lowest BCUT2D eigenvalue weighted by molar-refractivity contribution is -0.384. The molecule has 36 heavy (non-hydrogen) atoms. The van der Waals surface area contributed by atoms with E-state index in [1.54, 1.807) is 16.2 Å². The van der Waals surface area contributed by atoms with Crippen LogP contribution < -0.4 is 0 Å². The maximum absolute atomic E-state index is 13.7. The number of fused-ring (bicyclic) bond motifs is 1. The Morgan fingerprint density at radius 1 is 1.17 bits per heavy atom. The maximum Gasteiger partial charge on any atom is 0.269 e. The van der Waals surface area contributed by atoms with Crippen LogP contribution in [0.4, 0.5) is 5.69 Å². The molecular weight excluding hydrogens is 502 g/mol. The van der Waals surface area contributed by atoms with Gasteiger partial charge in [0.1, 0.15) is 0 Å². The topological polar surface area (TPSA) is 110 Å². The van der Waals surface area contributed by atoms with Crippen molar-refractivity contribution in [3.63, 3.8) is 0 Å². The molecule has 2 aromatic carbocycles. The standard InChI is InChI=1S/C25H27N3O6S2/c1-18-3-5-19(6-4-18)25-22-12-16-35-23(22)11-13-27(25)24(29)17-26(14-15-34-2)36(32,33)21-9-7-20(8-10-21)28(30)31/h3-10,12,16,25H,11,13-15,17H2,1-2H3. The number of rotatable bonds is 9. The Morgan fingerprint density at radius 2 is 1.86 bits per heavy atom. The normalized spacial score (nSPS) is 15.6. The second-order valence-electron chi connectivity index (χ2n) is 8.53. The van der Waals surface area contributed by atoms with Crippen molar-refractivity contribution in [2.75, 3.05) is 33.4 Å². The van der Waals surface area contributed by atoms with Gasteiger partial charge in [-0.15, -0.1) is 11.3 Å². The zero-order chi connectivity index (χ0) is 25.9. The number of non-ortho nitro benzene ring substituents is 1. The Labute approximate surface area is 214 Å². The van der Waals surface area contributed by atoms with Crippen molar-refractivity contribution in [3.8, 4) is 0 Å². The molecule has 1 amide bonds. The van der Waals surface area contributed by atoms with Crippen LogP contribution >= 0.6 is 11.3 Å². The Kier molecular flexibility index (Phi) is 7.84. The molecule has 0 spiro atoms. The number of aryl methyl sites for hydroxylation is 1. The first-order chi connectivity index (χ1) is 17.2. The van der Waals surface area contributed by atoms with Gasteiger partial charge in [-0.1, -0.05) is 29.8 Å². The van der Waals surface area contributed by atoms with Crippen molar-refractivity contribution in [1.29, 1.82) is 0 Å². The highest BCUT2D eigenvalue weighted by molar-refractivity contribution is 7.89. The molecule has 3 aromatic rings. The molecule has 0 aliphatic carbocycles. The SMILES string of the molecule is COCCN(CC(=O)N1CCc2sccc2C1c1ccc(C)cc1)S(=O)(=O)c1ccc([N+](=O)[O-])cc1. The van der Waals surface area contributed by atoms with Crippen LogP contribution in [0.15, 0.2) is 64.9 Å². The number of thiophene rings is 1. The summed E-state index contributed by atoms with van der Waals surface area (Å²) in [5, 5.41) is 13.0. The van der Waals surface area contributed by atoms with Crippen molar-refractivity contribution in [2.24, 2.45) is 0 Å². The van der Waals surface area contributed by atoms with E-state index in [0.29, 0.717) is 13.0 Å². The number of benzene rings is 2. The summed E-state index contributed by atoms with van der Waals surface area (Å²) < 4.78 is 33.0. The van der Waals surface area contributed by atoms with E-state index in [4.69, 9.17) is 4.74 Å². The van der Waals surface area contributed by atoms with Gasteiger partial charge < -0.3 is 9.64 Å².